The molecule has 18 heavy (non-hydrogen) atoms. The summed E-state index contributed by atoms with van der Waals surface area (Å²) in [5.74, 6) is 0.889. The molecule has 0 aliphatic carbocycles. The van der Waals surface area contributed by atoms with Gasteiger partial charge in [0.15, 0.2) is 4.67 Å². The molecule has 1 heterocycles. The normalized spacial score (nSPS) is 12.7. The molecule has 2 nitrogen and oxygen atoms in total. The first kappa shape index (κ1) is 13.7. The van der Waals surface area contributed by atoms with Crippen LogP contribution in [0.1, 0.15) is 29.8 Å². The molecule has 0 aliphatic heterocycles. The van der Waals surface area contributed by atoms with Crippen LogP contribution in [0.5, 0.6) is 5.75 Å². The van der Waals surface area contributed by atoms with Gasteiger partial charge in [-0.3, -0.25) is 0 Å². The molecule has 0 saturated heterocycles. The molecule has 1 atom stereocenters. The predicted octanol–water partition coefficient (Wildman–Crippen LogP) is 5.31. The average Bonchev–Trinajstić information content (AvgIpc) is 2.75. The van der Waals surface area contributed by atoms with Crippen LogP contribution in [0.4, 0.5) is 0 Å². The average molecular weight is 374 g/mol. The largest absolute Gasteiger partial charge is 0.491 e. The number of furan rings is 1. The van der Waals surface area contributed by atoms with Gasteiger partial charge in [0.1, 0.15) is 5.75 Å². The van der Waals surface area contributed by atoms with Gasteiger partial charge in [0.05, 0.1) is 17.2 Å². The van der Waals surface area contributed by atoms with E-state index in [4.69, 9.17) is 9.15 Å². The molecule has 0 spiro atoms. The highest BCUT2D eigenvalue weighted by atomic mass is 79.9. The lowest BCUT2D eigenvalue weighted by atomic mass is 10.1. The molecule has 2 rings (SSSR count). The number of hydrogen-bond donors (Lipinski definition) is 0. The van der Waals surface area contributed by atoms with Gasteiger partial charge in [0, 0.05) is 5.56 Å². The van der Waals surface area contributed by atoms with Gasteiger partial charge in [0.2, 0.25) is 0 Å². The van der Waals surface area contributed by atoms with E-state index in [1.165, 1.54) is 0 Å². The Morgan fingerprint density at radius 1 is 1.11 bits per heavy atom. The minimum atomic E-state index is 0.110. The molecule has 0 aliphatic rings. The summed E-state index contributed by atoms with van der Waals surface area (Å²) in [5, 5.41) is 0. The summed E-state index contributed by atoms with van der Waals surface area (Å²) in [6.45, 7) is 4.04. The third kappa shape index (κ3) is 3.18. The number of benzene rings is 1. The highest BCUT2D eigenvalue weighted by Gasteiger charge is 2.15. The van der Waals surface area contributed by atoms with Crippen molar-refractivity contribution in [3.8, 4) is 5.75 Å². The Balaban J connectivity index is 2.17. The van der Waals surface area contributed by atoms with E-state index in [0.29, 0.717) is 0 Å². The minimum absolute atomic E-state index is 0.110. The Morgan fingerprint density at radius 3 is 2.28 bits per heavy atom. The highest BCUT2D eigenvalue weighted by Crippen LogP contribution is 2.36. The molecular weight excluding hydrogens is 360 g/mol. The Labute approximate surface area is 124 Å². The van der Waals surface area contributed by atoms with Crippen LogP contribution in [0.3, 0.4) is 0 Å². The van der Waals surface area contributed by atoms with Crippen LogP contribution in [0, 0.1) is 0 Å². The molecule has 0 bridgehead atoms. The second kappa shape index (κ2) is 5.93. The zero-order chi connectivity index (χ0) is 13.1. The van der Waals surface area contributed by atoms with Gasteiger partial charge in [-0.1, -0.05) is 28.1 Å². The van der Waals surface area contributed by atoms with Crippen molar-refractivity contribution >= 4 is 31.9 Å². The number of hydrogen-bond acceptors (Lipinski definition) is 2. The third-order valence-electron chi connectivity index (χ3n) is 2.46. The van der Waals surface area contributed by atoms with Gasteiger partial charge in [-0.15, -0.1) is 0 Å². The topological polar surface area (TPSA) is 22.4 Å². The van der Waals surface area contributed by atoms with Crippen molar-refractivity contribution in [2.45, 2.75) is 24.8 Å². The van der Waals surface area contributed by atoms with Gasteiger partial charge in [0.25, 0.3) is 0 Å². The molecule has 2 aromatic rings. The number of rotatable bonds is 4. The molecule has 0 N–H and O–H groups in total. The summed E-state index contributed by atoms with van der Waals surface area (Å²) in [7, 11) is 0. The van der Waals surface area contributed by atoms with Crippen LogP contribution in [-0.2, 0) is 0 Å². The summed E-state index contributed by atoms with van der Waals surface area (Å²) >= 11 is 7.06. The predicted molar refractivity (Wildman–Crippen MR) is 79.4 cm³/mol. The molecule has 1 aromatic carbocycles. The standard InChI is InChI=1S/C14H14Br2O2/c1-9(2)18-11-5-3-10(4-6-11)13(15)12-7-8-17-14(12)16/h3-9,13H,1-2H3. The van der Waals surface area contributed by atoms with Crippen molar-refractivity contribution in [2.24, 2.45) is 0 Å². The fourth-order valence-corrected chi connectivity index (χ4v) is 3.09. The summed E-state index contributed by atoms with van der Waals surface area (Å²) in [6, 6.07) is 10.0. The molecule has 0 fully saturated rings. The van der Waals surface area contributed by atoms with Crippen LogP contribution in [0.15, 0.2) is 45.7 Å². The van der Waals surface area contributed by atoms with Crippen LogP contribution in [0.2, 0.25) is 0 Å². The summed E-state index contributed by atoms with van der Waals surface area (Å²) < 4.78 is 11.6. The molecular formula is C14H14Br2O2. The number of alkyl halides is 1. The fraction of sp³-hybridized carbons (Fsp3) is 0.286. The summed E-state index contributed by atoms with van der Waals surface area (Å²) in [6.07, 6.45) is 1.86. The van der Waals surface area contributed by atoms with Crippen molar-refractivity contribution in [1.29, 1.82) is 0 Å². The molecule has 4 heteroatoms. The minimum Gasteiger partial charge on any atom is -0.491 e. The molecule has 0 saturated carbocycles. The zero-order valence-electron chi connectivity index (χ0n) is 10.2. The van der Waals surface area contributed by atoms with Crippen molar-refractivity contribution in [1.82, 2.24) is 0 Å². The Morgan fingerprint density at radius 2 is 1.78 bits per heavy atom. The third-order valence-corrected chi connectivity index (χ3v) is 4.13. The van der Waals surface area contributed by atoms with E-state index in [2.05, 4.69) is 44.0 Å². The van der Waals surface area contributed by atoms with Crippen LogP contribution >= 0.6 is 31.9 Å². The summed E-state index contributed by atoms with van der Waals surface area (Å²) in [4.78, 5) is 0.110. The lowest BCUT2D eigenvalue weighted by Crippen LogP contribution is -2.05. The SMILES string of the molecule is CC(C)Oc1ccc(C(Br)c2ccoc2Br)cc1. The summed E-state index contributed by atoms with van der Waals surface area (Å²) in [5.41, 5.74) is 2.24. The second-order valence-corrected chi connectivity index (χ2v) is 5.88. The van der Waals surface area contributed by atoms with Crippen LogP contribution < -0.4 is 4.74 Å². The van der Waals surface area contributed by atoms with E-state index in [1.807, 2.05) is 32.0 Å². The maximum atomic E-state index is 5.62. The van der Waals surface area contributed by atoms with E-state index in [9.17, 15) is 0 Å². The van der Waals surface area contributed by atoms with Crippen LogP contribution in [0.25, 0.3) is 0 Å². The molecule has 1 aromatic heterocycles. The first-order valence-corrected chi connectivity index (χ1v) is 7.42. The molecule has 1 unspecified atom stereocenters. The molecule has 0 radical (unpaired) electrons. The quantitative estimate of drug-likeness (QED) is 0.677. The first-order valence-electron chi connectivity index (χ1n) is 5.71. The second-order valence-electron chi connectivity index (χ2n) is 4.25. The highest BCUT2D eigenvalue weighted by molar-refractivity contribution is 9.10. The number of ether oxygens (including phenoxy) is 1. The monoisotopic (exact) mass is 372 g/mol. The van der Waals surface area contributed by atoms with E-state index >= 15 is 0 Å². The van der Waals surface area contributed by atoms with E-state index in [0.717, 1.165) is 21.5 Å². The molecule has 96 valence electrons. The Bertz CT molecular complexity index is 503. The van der Waals surface area contributed by atoms with Crippen molar-refractivity contribution < 1.29 is 9.15 Å². The lowest BCUT2D eigenvalue weighted by molar-refractivity contribution is 0.242. The molecule has 0 amide bonds. The maximum Gasteiger partial charge on any atom is 0.173 e. The van der Waals surface area contributed by atoms with Crippen molar-refractivity contribution in [3.05, 3.63) is 52.4 Å². The van der Waals surface area contributed by atoms with Gasteiger partial charge in [-0.05, 0) is 53.5 Å². The van der Waals surface area contributed by atoms with E-state index < -0.39 is 0 Å². The Hall–Kier alpha value is -0.740. The van der Waals surface area contributed by atoms with Gasteiger partial charge in [-0.25, -0.2) is 0 Å². The smallest absolute Gasteiger partial charge is 0.173 e. The van der Waals surface area contributed by atoms with E-state index in [1.54, 1.807) is 6.26 Å². The van der Waals surface area contributed by atoms with Crippen molar-refractivity contribution in [3.63, 3.8) is 0 Å². The Kier molecular flexibility index (Phi) is 4.51. The number of halogens is 2. The van der Waals surface area contributed by atoms with Gasteiger partial charge >= 0.3 is 0 Å². The maximum absolute atomic E-state index is 5.62. The van der Waals surface area contributed by atoms with Gasteiger partial charge in [-0.2, -0.15) is 0 Å². The zero-order valence-corrected chi connectivity index (χ0v) is 13.4. The fourth-order valence-electron chi connectivity index (χ4n) is 1.65. The van der Waals surface area contributed by atoms with Crippen molar-refractivity contribution in [2.75, 3.05) is 0 Å². The van der Waals surface area contributed by atoms with E-state index in [-0.39, 0.29) is 10.9 Å². The van der Waals surface area contributed by atoms with Crippen LogP contribution in [-0.4, -0.2) is 6.10 Å². The first-order chi connectivity index (χ1) is 8.58. The lowest BCUT2D eigenvalue weighted by Gasteiger charge is -2.12. The van der Waals surface area contributed by atoms with Gasteiger partial charge < -0.3 is 9.15 Å².